The summed E-state index contributed by atoms with van der Waals surface area (Å²) in [6.07, 6.45) is 0.926. The molecule has 0 bridgehead atoms. The van der Waals surface area contributed by atoms with Crippen LogP contribution in [-0.4, -0.2) is 14.8 Å². The number of rotatable bonds is 9. The third-order valence-electron chi connectivity index (χ3n) is 5.95. The molecular formula is C30H27N3O3. The van der Waals surface area contributed by atoms with Crippen LogP contribution < -0.4 is 15.2 Å². The zero-order valence-corrected chi connectivity index (χ0v) is 20.1. The van der Waals surface area contributed by atoms with Gasteiger partial charge >= 0.3 is 5.69 Å². The minimum atomic E-state index is -0.312. The zero-order chi connectivity index (χ0) is 24.7. The molecule has 0 radical (unpaired) electrons. The normalized spacial score (nSPS) is 10.8. The highest BCUT2D eigenvalue weighted by Crippen LogP contribution is 2.34. The number of benzene rings is 4. The van der Waals surface area contributed by atoms with Gasteiger partial charge in [0.1, 0.15) is 24.7 Å². The number of aryl methyl sites for hydroxylation is 1. The first-order valence-electron chi connectivity index (χ1n) is 12.0. The third kappa shape index (κ3) is 5.23. The Morgan fingerprint density at radius 2 is 1.39 bits per heavy atom. The van der Waals surface area contributed by atoms with Crippen LogP contribution in [0.15, 0.2) is 108 Å². The molecule has 0 spiro atoms. The average Bonchev–Trinajstić information content (AvgIpc) is 3.33. The SMILES string of the molecule is CCc1ccc(-n2c(-c3ccc(OCc4ccccc4)cc3OCc3ccccc3)n[nH]c2=O)cc1. The van der Waals surface area contributed by atoms with E-state index in [0.717, 1.165) is 23.2 Å². The smallest absolute Gasteiger partial charge is 0.348 e. The van der Waals surface area contributed by atoms with Crippen LogP contribution in [0.1, 0.15) is 23.6 Å². The molecule has 0 aliphatic rings. The number of nitrogens with one attached hydrogen (secondary N) is 1. The number of aromatic nitrogens is 3. The number of hydrogen-bond acceptors (Lipinski definition) is 4. The number of aromatic amines is 1. The second-order valence-corrected chi connectivity index (χ2v) is 8.41. The number of nitrogens with zero attached hydrogens (tertiary/aromatic N) is 2. The third-order valence-corrected chi connectivity index (χ3v) is 5.95. The molecule has 5 rings (SSSR count). The maximum absolute atomic E-state index is 12.8. The maximum atomic E-state index is 12.8. The van der Waals surface area contributed by atoms with Crippen molar-refractivity contribution in [2.75, 3.05) is 0 Å². The Kier molecular flexibility index (Phi) is 6.94. The van der Waals surface area contributed by atoms with Crippen LogP contribution in [0.25, 0.3) is 17.1 Å². The molecule has 1 aromatic heterocycles. The van der Waals surface area contributed by atoms with Crippen molar-refractivity contribution in [1.82, 2.24) is 14.8 Å². The van der Waals surface area contributed by atoms with Gasteiger partial charge in [0.15, 0.2) is 5.82 Å². The van der Waals surface area contributed by atoms with Crippen molar-refractivity contribution < 1.29 is 9.47 Å². The quantitative estimate of drug-likeness (QED) is 0.285. The second-order valence-electron chi connectivity index (χ2n) is 8.41. The average molecular weight is 478 g/mol. The predicted octanol–water partition coefficient (Wildman–Crippen LogP) is 5.95. The topological polar surface area (TPSA) is 69.1 Å². The Morgan fingerprint density at radius 3 is 2.03 bits per heavy atom. The summed E-state index contributed by atoms with van der Waals surface area (Å²) >= 11 is 0. The van der Waals surface area contributed by atoms with E-state index in [2.05, 4.69) is 17.1 Å². The molecule has 0 unspecified atom stereocenters. The first-order valence-corrected chi connectivity index (χ1v) is 12.0. The molecule has 0 saturated heterocycles. The zero-order valence-electron chi connectivity index (χ0n) is 20.1. The van der Waals surface area contributed by atoms with Gasteiger partial charge in [0.2, 0.25) is 0 Å². The summed E-state index contributed by atoms with van der Waals surface area (Å²) in [7, 11) is 0. The van der Waals surface area contributed by atoms with Crippen molar-refractivity contribution in [3.8, 4) is 28.6 Å². The van der Waals surface area contributed by atoms with E-state index in [1.165, 1.54) is 5.56 Å². The number of hydrogen-bond donors (Lipinski definition) is 1. The van der Waals surface area contributed by atoms with Gasteiger partial charge < -0.3 is 9.47 Å². The van der Waals surface area contributed by atoms with Crippen LogP contribution in [0, 0.1) is 0 Å². The lowest BCUT2D eigenvalue weighted by Crippen LogP contribution is -2.16. The number of H-pyrrole nitrogens is 1. The number of ether oxygens (including phenoxy) is 2. The summed E-state index contributed by atoms with van der Waals surface area (Å²) in [6.45, 7) is 2.91. The molecule has 4 aromatic carbocycles. The molecule has 0 fully saturated rings. The standard InChI is InChI=1S/C30H27N3O3/c1-2-22-13-15-25(16-14-22)33-29(31-32-30(33)34)27-18-17-26(35-20-23-9-5-3-6-10-23)19-28(27)36-21-24-11-7-4-8-12-24/h3-19H,2,20-21H2,1H3,(H,32,34). The van der Waals surface area contributed by atoms with E-state index in [0.29, 0.717) is 36.1 Å². The first-order chi connectivity index (χ1) is 17.7. The summed E-state index contributed by atoms with van der Waals surface area (Å²) < 4.78 is 13.9. The van der Waals surface area contributed by atoms with Gasteiger partial charge in [0.25, 0.3) is 0 Å². The molecule has 180 valence electrons. The second kappa shape index (κ2) is 10.8. The van der Waals surface area contributed by atoms with Gasteiger partial charge in [-0.3, -0.25) is 0 Å². The summed E-state index contributed by atoms with van der Waals surface area (Å²) in [5.41, 5.74) is 4.42. The molecular weight excluding hydrogens is 450 g/mol. The van der Waals surface area contributed by atoms with Crippen LogP contribution in [-0.2, 0) is 19.6 Å². The fraction of sp³-hybridized carbons (Fsp3) is 0.133. The van der Waals surface area contributed by atoms with Crippen molar-refractivity contribution in [3.05, 3.63) is 130 Å². The minimum absolute atomic E-state index is 0.312. The van der Waals surface area contributed by atoms with Gasteiger partial charge in [0.05, 0.1) is 11.3 Å². The van der Waals surface area contributed by atoms with Gasteiger partial charge in [-0.2, -0.15) is 5.10 Å². The summed E-state index contributed by atoms with van der Waals surface area (Å²) in [4.78, 5) is 12.8. The van der Waals surface area contributed by atoms with Gasteiger partial charge in [-0.1, -0.05) is 79.7 Å². The van der Waals surface area contributed by atoms with Crippen LogP contribution in [0.3, 0.4) is 0 Å². The summed E-state index contributed by atoms with van der Waals surface area (Å²) in [5.74, 6) is 1.72. The van der Waals surface area contributed by atoms with E-state index < -0.39 is 0 Å². The van der Waals surface area contributed by atoms with Crippen LogP contribution in [0.5, 0.6) is 11.5 Å². The summed E-state index contributed by atoms with van der Waals surface area (Å²) in [6, 6.07) is 33.4. The molecule has 0 amide bonds. The van der Waals surface area contributed by atoms with Crippen LogP contribution >= 0.6 is 0 Å². The first kappa shape index (κ1) is 23.2. The lowest BCUT2D eigenvalue weighted by atomic mass is 10.1. The van der Waals surface area contributed by atoms with Crippen molar-refractivity contribution in [2.45, 2.75) is 26.6 Å². The largest absolute Gasteiger partial charge is 0.489 e. The molecule has 6 heteroatoms. The molecule has 0 atom stereocenters. The van der Waals surface area contributed by atoms with Crippen molar-refractivity contribution >= 4 is 0 Å². The predicted molar refractivity (Wildman–Crippen MR) is 141 cm³/mol. The van der Waals surface area contributed by atoms with Crippen molar-refractivity contribution in [1.29, 1.82) is 0 Å². The van der Waals surface area contributed by atoms with Gasteiger partial charge in [-0.15, -0.1) is 0 Å². The Labute approximate surface area is 209 Å². The Balaban J connectivity index is 1.50. The Morgan fingerprint density at radius 1 is 0.750 bits per heavy atom. The van der Waals surface area contributed by atoms with Gasteiger partial charge in [-0.25, -0.2) is 14.5 Å². The highest BCUT2D eigenvalue weighted by atomic mass is 16.5. The molecule has 6 nitrogen and oxygen atoms in total. The Hall–Kier alpha value is -4.58. The van der Waals surface area contributed by atoms with E-state index in [1.807, 2.05) is 103 Å². The minimum Gasteiger partial charge on any atom is -0.489 e. The fourth-order valence-corrected chi connectivity index (χ4v) is 3.97. The van der Waals surface area contributed by atoms with E-state index in [4.69, 9.17) is 9.47 Å². The highest BCUT2D eigenvalue weighted by Gasteiger charge is 2.18. The molecule has 1 N–H and O–H groups in total. The van der Waals surface area contributed by atoms with E-state index in [1.54, 1.807) is 4.57 Å². The van der Waals surface area contributed by atoms with Gasteiger partial charge in [-0.05, 0) is 47.4 Å². The van der Waals surface area contributed by atoms with Crippen LogP contribution in [0.2, 0.25) is 0 Å². The maximum Gasteiger partial charge on any atom is 0.348 e. The lowest BCUT2D eigenvalue weighted by Gasteiger charge is -2.15. The summed E-state index contributed by atoms with van der Waals surface area (Å²) in [5, 5.41) is 6.94. The molecule has 0 saturated carbocycles. The van der Waals surface area contributed by atoms with Crippen molar-refractivity contribution in [2.24, 2.45) is 0 Å². The van der Waals surface area contributed by atoms with Crippen molar-refractivity contribution in [3.63, 3.8) is 0 Å². The van der Waals surface area contributed by atoms with Gasteiger partial charge in [0, 0.05) is 6.07 Å². The van der Waals surface area contributed by atoms with Crippen LogP contribution in [0.4, 0.5) is 0 Å². The monoisotopic (exact) mass is 477 g/mol. The fourth-order valence-electron chi connectivity index (χ4n) is 3.97. The molecule has 36 heavy (non-hydrogen) atoms. The molecule has 0 aliphatic heterocycles. The lowest BCUT2D eigenvalue weighted by molar-refractivity contribution is 0.290. The highest BCUT2D eigenvalue weighted by molar-refractivity contribution is 5.67. The molecule has 0 aliphatic carbocycles. The molecule has 1 heterocycles. The van der Waals surface area contributed by atoms with E-state index in [9.17, 15) is 4.79 Å². The van der Waals surface area contributed by atoms with E-state index in [-0.39, 0.29) is 5.69 Å². The molecule has 5 aromatic rings. The Bertz CT molecular complexity index is 1470. The van der Waals surface area contributed by atoms with E-state index >= 15 is 0 Å².